The lowest BCUT2D eigenvalue weighted by atomic mass is 9.85. The van der Waals surface area contributed by atoms with Crippen molar-refractivity contribution in [2.24, 2.45) is 5.92 Å². The van der Waals surface area contributed by atoms with Gasteiger partial charge >= 0.3 is 0 Å². The fourth-order valence-electron chi connectivity index (χ4n) is 2.15. The molecule has 0 atom stereocenters. The van der Waals surface area contributed by atoms with E-state index in [2.05, 4.69) is 24.5 Å². The smallest absolute Gasteiger partial charge is 0.253 e. The van der Waals surface area contributed by atoms with Crippen LogP contribution in [0.5, 0.6) is 0 Å². The Morgan fingerprint density at radius 1 is 1.33 bits per heavy atom. The zero-order valence-corrected chi connectivity index (χ0v) is 11.2. The maximum absolute atomic E-state index is 12.1. The van der Waals surface area contributed by atoms with Crippen LogP contribution in [0, 0.1) is 5.92 Å². The Bertz CT molecular complexity index is 411. The van der Waals surface area contributed by atoms with Crippen LogP contribution >= 0.6 is 0 Å². The van der Waals surface area contributed by atoms with Gasteiger partial charge in [0.05, 0.1) is 5.56 Å². The molecule has 2 rings (SSSR count). The lowest BCUT2D eigenvalue weighted by Gasteiger charge is -2.25. The molecule has 1 fully saturated rings. The van der Waals surface area contributed by atoms with Crippen molar-refractivity contribution in [2.45, 2.75) is 39.2 Å². The Morgan fingerprint density at radius 3 is 2.67 bits per heavy atom. The van der Waals surface area contributed by atoms with Gasteiger partial charge < -0.3 is 10.6 Å². The number of anilines is 1. The van der Waals surface area contributed by atoms with Crippen molar-refractivity contribution < 1.29 is 4.79 Å². The minimum Gasteiger partial charge on any atom is -0.382 e. The highest BCUT2D eigenvalue weighted by Crippen LogP contribution is 2.25. The molecule has 0 radical (unpaired) electrons. The van der Waals surface area contributed by atoms with Gasteiger partial charge in [-0.3, -0.25) is 4.79 Å². The molecule has 98 valence electrons. The molecule has 0 saturated heterocycles. The molecule has 0 unspecified atom stereocenters. The SMILES string of the molecule is CC(C)Nc1ccccc1C(=O)NCC1CCC1. The third-order valence-electron chi connectivity index (χ3n) is 3.39. The van der Waals surface area contributed by atoms with Gasteiger partial charge in [-0.25, -0.2) is 0 Å². The van der Waals surface area contributed by atoms with Crippen LogP contribution < -0.4 is 10.6 Å². The fraction of sp³-hybridized carbons (Fsp3) is 0.533. The summed E-state index contributed by atoms with van der Waals surface area (Å²) in [6, 6.07) is 8.02. The molecule has 1 aliphatic rings. The highest BCUT2D eigenvalue weighted by atomic mass is 16.1. The average molecular weight is 246 g/mol. The summed E-state index contributed by atoms with van der Waals surface area (Å²) in [5.41, 5.74) is 1.66. The van der Waals surface area contributed by atoms with Gasteiger partial charge in [0.25, 0.3) is 5.91 Å². The first-order chi connectivity index (χ1) is 8.66. The standard InChI is InChI=1S/C15H22N2O/c1-11(2)17-14-9-4-3-8-13(14)15(18)16-10-12-6-5-7-12/h3-4,8-9,11-12,17H,5-7,10H2,1-2H3,(H,16,18). The Balaban J connectivity index is 1.99. The largest absolute Gasteiger partial charge is 0.382 e. The lowest BCUT2D eigenvalue weighted by Crippen LogP contribution is -2.32. The quantitative estimate of drug-likeness (QED) is 0.838. The third kappa shape index (κ3) is 3.25. The summed E-state index contributed by atoms with van der Waals surface area (Å²) in [6.07, 6.45) is 3.82. The molecule has 1 aromatic rings. The predicted octanol–water partition coefficient (Wildman–Crippen LogP) is 3.04. The molecule has 0 aromatic heterocycles. The molecule has 3 heteroatoms. The lowest BCUT2D eigenvalue weighted by molar-refractivity contribution is 0.0940. The van der Waals surface area contributed by atoms with E-state index in [9.17, 15) is 4.79 Å². The maximum Gasteiger partial charge on any atom is 0.253 e. The van der Waals surface area contributed by atoms with Crippen LogP contribution in [0.4, 0.5) is 5.69 Å². The van der Waals surface area contributed by atoms with Gasteiger partial charge in [0.1, 0.15) is 0 Å². The number of benzene rings is 1. The second-order valence-electron chi connectivity index (χ2n) is 5.35. The summed E-state index contributed by atoms with van der Waals surface area (Å²) in [5.74, 6) is 0.727. The first kappa shape index (κ1) is 12.9. The summed E-state index contributed by atoms with van der Waals surface area (Å²) < 4.78 is 0. The van der Waals surface area contributed by atoms with Crippen LogP contribution in [0.3, 0.4) is 0 Å². The number of nitrogens with one attached hydrogen (secondary N) is 2. The van der Waals surface area contributed by atoms with E-state index in [4.69, 9.17) is 0 Å². The second-order valence-corrected chi connectivity index (χ2v) is 5.35. The first-order valence-corrected chi connectivity index (χ1v) is 6.80. The maximum atomic E-state index is 12.1. The summed E-state index contributed by atoms with van der Waals surface area (Å²) in [7, 11) is 0. The Hall–Kier alpha value is -1.51. The molecule has 1 aliphatic carbocycles. The van der Waals surface area contributed by atoms with Crippen LogP contribution in [0.2, 0.25) is 0 Å². The van der Waals surface area contributed by atoms with Crippen LogP contribution in [-0.4, -0.2) is 18.5 Å². The van der Waals surface area contributed by atoms with E-state index in [0.717, 1.165) is 17.8 Å². The molecule has 0 bridgehead atoms. The molecule has 1 aromatic carbocycles. The monoisotopic (exact) mass is 246 g/mol. The molecular weight excluding hydrogens is 224 g/mol. The van der Waals surface area contributed by atoms with Gasteiger partial charge in [0.2, 0.25) is 0 Å². The molecule has 0 aliphatic heterocycles. The van der Waals surface area contributed by atoms with Crippen LogP contribution in [0.1, 0.15) is 43.5 Å². The zero-order valence-electron chi connectivity index (χ0n) is 11.2. The van der Waals surface area contributed by atoms with Crippen molar-refractivity contribution in [3.63, 3.8) is 0 Å². The summed E-state index contributed by atoms with van der Waals surface area (Å²) >= 11 is 0. The van der Waals surface area contributed by atoms with Crippen molar-refractivity contribution in [1.82, 2.24) is 5.32 Å². The molecule has 1 amide bonds. The Labute approximate surface area is 109 Å². The van der Waals surface area contributed by atoms with E-state index < -0.39 is 0 Å². The summed E-state index contributed by atoms with van der Waals surface area (Å²) in [4.78, 5) is 12.1. The van der Waals surface area contributed by atoms with E-state index >= 15 is 0 Å². The van der Waals surface area contributed by atoms with Crippen molar-refractivity contribution >= 4 is 11.6 Å². The van der Waals surface area contributed by atoms with Crippen LogP contribution in [-0.2, 0) is 0 Å². The highest BCUT2D eigenvalue weighted by molar-refractivity contribution is 5.99. The number of para-hydroxylation sites is 1. The molecule has 0 heterocycles. The summed E-state index contributed by atoms with van der Waals surface area (Å²) in [6.45, 7) is 4.96. The van der Waals surface area contributed by atoms with Crippen molar-refractivity contribution in [3.8, 4) is 0 Å². The van der Waals surface area contributed by atoms with E-state index in [1.54, 1.807) is 0 Å². The van der Waals surface area contributed by atoms with Gasteiger partial charge in [-0.1, -0.05) is 18.6 Å². The van der Waals surface area contributed by atoms with E-state index in [1.807, 2.05) is 24.3 Å². The van der Waals surface area contributed by atoms with Crippen molar-refractivity contribution in [3.05, 3.63) is 29.8 Å². The highest BCUT2D eigenvalue weighted by Gasteiger charge is 2.19. The molecule has 18 heavy (non-hydrogen) atoms. The van der Waals surface area contributed by atoms with Gasteiger partial charge in [0, 0.05) is 18.3 Å². The number of carbonyl (C=O) groups excluding carboxylic acids is 1. The second kappa shape index (κ2) is 5.89. The number of hydrogen-bond donors (Lipinski definition) is 2. The number of rotatable bonds is 5. The van der Waals surface area contributed by atoms with Crippen LogP contribution in [0.15, 0.2) is 24.3 Å². The molecule has 2 N–H and O–H groups in total. The predicted molar refractivity (Wildman–Crippen MR) is 74.9 cm³/mol. The fourth-order valence-corrected chi connectivity index (χ4v) is 2.15. The zero-order chi connectivity index (χ0) is 13.0. The van der Waals surface area contributed by atoms with E-state index in [-0.39, 0.29) is 5.91 Å². The van der Waals surface area contributed by atoms with E-state index in [0.29, 0.717) is 12.0 Å². The Kier molecular flexibility index (Phi) is 4.24. The number of hydrogen-bond acceptors (Lipinski definition) is 2. The van der Waals surface area contributed by atoms with Crippen molar-refractivity contribution in [2.75, 3.05) is 11.9 Å². The van der Waals surface area contributed by atoms with Gasteiger partial charge in [-0.15, -0.1) is 0 Å². The number of carbonyl (C=O) groups is 1. The Morgan fingerprint density at radius 2 is 2.06 bits per heavy atom. The first-order valence-electron chi connectivity index (χ1n) is 6.80. The molecule has 0 spiro atoms. The third-order valence-corrected chi connectivity index (χ3v) is 3.39. The van der Waals surface area contributed by atoms with Gasteiger partial charge in [0.15, 0.2) is 0 Å². The van der Waals surface area contributed by atoms with Gasteiger partial charge in [-0.2, -0.15) is 0 Å². The topological polar surface area (TPSA) is 41.1 Å². The molecule has 1 saturated carbocycles. The molecule has 3 nitrogen and oxygen atoms in total. The summed E-state index contributed by atoms with van der Waals surface area (Å²) in [5, 5.41) is 6.34. The number of amides is 1. The minimum absolute atomic E-state index is 0.0330. The average Bonchev–Trinajstić information content (AvgIpc) is 2.26. The van der Waals surface area contributed by atoms with E-state index in [1.165, 1.54) is 19.3 Å². The van der Waals surface area contributed by atoms with Crippen molar-refractivity contribution in [1.29, 1.82) is 0 Å². The molecular formula is C15H22N2O. The normalized spacial score (nSPS) is 15.3. The van der Waals surface area contributed by atoms with Gasteiger partial charge in [-0.05, 0) is 44.7 Å². The minimum atomic E-state index is 0.0330. The van der Waals surface area contributed by atoms with Crippen LogP contribution in [0.25, 0.3) is 0 Å².